The van der Waals surface area contributed by atoms with Crippen molar-refractivity contribution in [2.45, 2.75) is 25.9 Å². The highest BCUT2D eigenvalue weighted by Crippen LogP contribution is 2.25. The highest BCUT2D eigenvalue weighted by Gasteiger charge is 2.30. The molecule has 1 aliphatic rings. The van der Waals surface area contributed by atoms with Gasteiger partial charge in [-0.15, -0.1) is 5.10 Å². The summed E-state index contributed by atoms with van der Waals surface area (Å²) in [6.45, 7) is 0.552. The second kappa shape index (κ2) is 5.91. The Kier molecular flexibility index (Phi) is 3.97. The van der Waals surface area contributed by atoms with E-state index in [1.165, 1.54) is 0 Å². The van der Waals surface area contributed by atoms with Crippen LogP contribution in [0.25, 0.3) is 0 Å². The molecule has 6 nitrogen and oxygen atoms in total. The van der Waals surface area contributed by atoms with Crippen molar-refractivity contribution in [3.63, 3.8) is 0 Å². The second-order valence-electron chi connectivity index (χ2n) is 4.97. The largest absolute Gasteiger partial charge is 0.408 e. The summed E-state index contributed by atoms with van der Waals surface area (Å²) in [7, 11) is 0. The van der Waals surface area contributed by atoms with Crippen LogP contribution in [0.4, 0.5) is 18.9 Å². The number of benzene rings is 1. The van der Waals surface area contributed by atoms with Crippen LogP contribution in [0, 0.1) is 0 Å². The van der Waals surface area contributed by atoms with Gasteiger partial charge < -0.3 is 9.64 Å². The van der Waals surface area contributed by atoms with Gasteiger partial charge in [0.15, 0.2) is 5.82 Å². The third-order valence-corrected chi connectivity index (χ3v) is 3.36. The molecule has 22 heavy (non-hydrogen) atoms. The molecular weight excluding hydrogens is 299 g/mol. The summed E-state index contributed by atoms with van der Waals surface area (Å²) in [5.74, 6) is 0.175. The van der Waals surface area contributed by atoms with Crippen molar-refractivity contribution >= 4 is 5.69 Å². The number of hydrogen-bond donors (Lipinski definition) is 0. The summed E-state index contributed by atoms with van der Waals surface area (Å²) < 4.78 is 43.9. The Morgan fingerprint density at radius 3 is 2.86 bits per heavy atom. The first kappa shape index (κ1) is 14.8. The zero-order valence-electron chi connectivity index (χ0n) is 11.6. The van der Waals surface area contributed by atoms with Crippen LogP contribution in [-0.4, -0.2) is 39.5 Å². The van der Waals surface area contributed by atoms with Gasteiger partial charge in [0.2, 0.25) is 0 Å². The number of para-hydroxylation sites is 1. The Labute approximate surface area is 124 Å². The maximum absolute atomic E-state index is 12.5. The van der Waals surface area contributed by atoms with Crippen LogP contribution < -0.4 is 4.90 Å². The number of halogens is 3. The molecule has 1 aromatic heterocycles. The maximum atomic E-state index is 12.5. The molecule has 0 bridgehead atoms. The molecular formula is C13H14F3N5O. The van der Waals surface area contributed by atoms with Gasteiger partial charge in [-0.3, -0.25) is 0 Å². The third-order valence-electron chi connectivity index (χ3n) is 3.36. The number of anilines is 1. The summed E-state index contributed by atoms with van der Waals surface area (Å²) in [6, 6.07) is 7.64. The summed E-state index contributed by atoms with van der Waals surface area (Å²) in [4.78, 5) is 1.93. The monoisotopic (exact) mass is 313 g/mol. The molecule has 1 aromatic carbocycles. The van der Waals surface area contributed by atoms with Crippen LogP contribution in [-0.2, 0) is 24.4 Å². The molecule has 0 N–H and O–H groups in total. The van der Waals surface area contributed by atoms with Crippen molar-refractivity contribution < 1.29 is 17.9 Å². The van der Waals surface area contributed by atoms with Crippen molar-refractivity contribution in [1.29, 1.82) is 0 Å². The lowest BCUT2D eigenvalue weighted by atomic mass is 10.1. The minimum Gasteiger partial charge on any atom is -0.375 e. The quantitative estimate of drug-likeness (QED) is 0.864. The summed E-state index contributed by atoms with van der Waals surface area (Å²) in [5, 5.41) is 10.5. The topological polar surface area (TPSA) is 56.1 Å². The molecule has 118 valence electrons. The van der Waals surface area contributed by atoms with E-state index in [0.29, 0.717) is 19.8 Å². The molecule has 1 aliphatic heterocycles. The first-order chi connectivity index (χ1) is 10.5. The number of aromatic nitrogens is 4. The number of fused-ring (bicyclic) bond motifs is 1. The van der Waals surface area contributed by atoms with Crippen LogP contribution in [0.5, 0.6) is 0 Å². The average molecular weight is 313 g/mol. The number of alkyl halides is 3. The minimum atomic E-state index is -4.36. The van der Waals surface area contributed by atoms with Crippen molar-refractivity contribution in [3.05, 3.63) is 35.7 Å². The van der Waals surface area contributed by atoms with E-state index in [1.54, 1.807) is 0 Å². The van der Waals surface area contributed by atoms with Gasteiger partial charge in [-0.2, -0.15) is 13.2 Å². The fourth-order valence-corrected chi connectivity index (χ4v) is 2.38. The van der Waals surface area contributed by atoms with Crippen molar-refractivity contribution in [2.24, 2.45) is 0 Å². The van der Waals surface area contributed by atoms with Crippen LogP contribution in [0.15, 0.2) is 24.3 Å². The summed E-state index contributed by atoms with van der Waals surface area (Å²) >= 11 is 0. The van der Waals surface area contributed by atoms with Crippen molar-refractivity contribution in [2.75, 3.05) is 18.1 Å². The van der Waals surface area contributed by atoms with Crippen molar-refractivity contribution in [3.8, 4) is 0 Å². The predicted molar refractivity (Wildman–Crippen MR) is 71.0 cm³/mol. The van der Waals surface area contributed by atoms with E-state index in [9.17, 15) is 13.2 Å². The van der Waals surface area contributed by atoms with E-state index in [2.05, 4.69) is 15.5 Å². The standard InChI is InChI=1S/C13H14F3N5O/c14-13(15,16)9-21-12(17-18-19-21)7-20-5-6-22-8-10-3-1-2-4-11(10)20/h1-4H,5-9H2. The van der Waals surface area contributed by atoms with Gasteiger partial charge in [0, 0.05) is 17.8 Å². The number of ether oxygens (including phenoxy) is 1. The van der Waals surface area contributed by atoms with E-state index < -0.39 is 12.7 Å². The molecule has 0 amide bonds. The Hall–Kier alpha value is -2.16. The number of hydrogen-bond acceptors (Lipinski definition) is 5. The van der Waals surface area contributed by atoms with Crippen LogP contribution in [0.1, 0.15) is 11.4 Å². The lowest BCUT2D eigenvalue weighted by Crippen LogP contribution is -2.29. The summed E-state index contributed by atoms with van der Waals surface area (Å²) in [5.41, 5.74) is 1.93. The van der Waals surface area contributed by atoms with Gasteiger partial charge in [-0.05, 0) is 16.5 Å². The van der Waals surface area contributed by atoms with E-state index >= 15 is 0 Å². The molecule has 0 unspecified atom stereocenters. The Balaban J connectivity index is 1.83. The highest BCUT2D eigenvalue weighted by atomic mass is 19.4. The molecule has 0 saturated heterocycles. The van der Waals surface area contributed by atoms with Crippen LogP contribution in [0.2, 0.25) is 0 Å². The average Bonchev–Trinajstić information content (AvgIpc) is 2.77. The minimum absolute atomic E-state index is 0.175. The predicted octanol–water partition coefficient (Wildman–Crippen LogP) is 1.77. The zero-order chi connectivity index (χ0) is 15.6. The molecule has 2 aromatic rings. The smallest absolute Gasteiger partial charge is 0.375 e. The van der Waals surface area contributed by atoms with E-state index in [4.69, 9.17) is 4.74 Å². The lowest BCUT2D eigenvalue weighted by molar-refractivity contribution is -0.143. The second-order valence-corrected chi connectivity index (χ2v) is 4.97. The van der Waals surface area contributed by atoms with Gasteiger partial charge in [0.25, 0.3) is 0 Å². The molecule has 0 atom stereocenters. The SMILES string of the molecule is FC(F)(F)Cn1nnnc1CN1CCOCc2ccccc21. The normalized spacial score (nSPS) is 15.5. The fraction of sp³-hybridized carbons (Fsp3) is 0.462. The molecule has 0 fully saturated rings. The fourth-order valence-electron chi connectivity index (χ4n) is 2.38. The van der Waals surface area contributed by atoms with Crippen molar-refractivity contribution in [1.82, 2.24) is 20.2 Å². The highest BCUT2D eigenvalue weighted by molar-refractivity contribution is 5.53. The molecule has 0 spiro atoms. The lowest BCUT2D eigenvalue weighted by Gasteiger charge is -2.23. The Morgan fingerprint density at radius 1 is 1.23 bits per heavy atom. The molecule has 0 radical (unpaired) electrons. The Bertz CT molecular complexity index is 643. The number of nitrogens with zero attached hydrogens (tertiary/aromatic N) is 5. The molecule has 0 aliphatic carbocycles. The van der Waals surface area contributed by atoms with Crippen LogP contribution in [0.3, 0.4) is 0 Å². The van der Waals surface area contributed by atoms with Gasteiger partial charge in [0.05, 0.1) is 19.8 Å². The number of rotatable bonds is 3. The molecule has 3 rings (SSSR count). The van der Waals surface area contributed by atoms with Gasteiger partial charge in [0.1, 0.15) is 6.54 Å². The maximum Gasteiger partial charge on any atom is 0.408 e. The van der Waals surface area contributed by atoms with Crippen LogP contribution >= 0.6 is 0 Å². The van der Waals surface area contributed by atoms with E-state index in [1.807, 2.05) is 29.2 Å². The first-order valence-corrected chi connectivity index (χ1v) is 6.75. The summed E-state index contributed by atoms with van der Waals surface area (Å²) in [6.07, 6.45) is -4.36. The van der Waals surface area contributed by atoms with Gasteiger partial charge >= 0.3 is 6.18 Å². The molecule has 9 heteroatoms. The zero-order valence-corrected chi connectivity index (χ0v) is 11.6. The third kappa shape index (κ3) is 3.35. The first-order valence-electron chi connectivity index (χ1n) is 6.75. The molecule has 0 saturated carbocycles. The van der Waals surface area contributed by atoms with Gasteiger partial charge in [-0.25, -0.2) is 4.68 Å². The Morgan fingerprint density at radius 2 is 2.05 bits per heavy atom. The van der Waals surface area contributed by atoms with E-state index in [0.717, 1.165) is 15.9 Å². The van der Waals surface area contributed by atoms with Gasteiger partial charge in [-0.1, -0.05) is 18.2 Å². The van der Waals surface area contributed by atoms with E-state index in [-0.39, 0.29) is 12.4 Å². The number of tetrazole rings is 1. The molecule has 2 heterocycles.